The number of aromatic carboxylic acids is 1. The molecule has 3 rings (SSSR count). The molecule has 1 aromatic rings. The van der Waals surface area contributed by atoms with E-state index in [9.17, 15) is 9.59 Å². The van der Waals surface area contributed by atoms with Crippen LogP contribution < -0.4 is 5.32 Å². The maximum Gasteiger partial charge on any atom is 0.339 e. The molecule has 1 saturated carbocycles. The maximum absolute atomic E-state index is 12.5. The summed E-state index contributed by atoms with van der Waals surface area (Å²) in [6, 6.07) is -0.0122. The summed E-state index contributed by atoms with van der Waals surface area (Å²) in [5.41, 5.74) is -0.139. The molecular weight excluding hydrogens is 286 g/mol. The molecule has 0 bridgehead atoms. The summed E-state index contributed by atoms with van der Waals surface area (Å²) >= 11 is 0. The van der Waals surface area contributed by atoms with Crippen LogP contribution in [0.2, 0.25) is 0 Å². The van der Waals surface area contributed by atoms with Crippen molar-refractivity contribution >= 4 is 11.9 Å². The molecule has 0 radical (unpaired) electrons. The average molecular weight is 307 g/mol. The van der Waals surface area contributed by atoms with Crippen LogP contribution in [-0.2, 0) is 11.8 Å². The lowest BCUT2D eigenvalue weighted by Gasteiger charge is -2.59. The number of nitrogens with one attached hydrogen (secondary N) is 1. The van der Waals surface area contributed by atoms with E-state index in [0.717, 1.165) is 19.4 Å². The number of rotatable bonds is 3. The lowest BCUT2D eigenvalue weighted by molar-refractivity contribution is -0.189. The minimum absolute atomic E-state index is 0.0122. The highest BCUT2D eigenvalue weighted by atomic mass is 16.5. The summed E-state index contributed by atoms with van der Waals surface area (Å²) in [6.45, 7) is 4.92. The first-order valence-electron chi connectivity index (χ1n) is 7.51. The average Bonchev–Trinajstić information content (AvgIpc) is 2.86. The van der Waals surface area contributed by atoms with Crippen molar-refractivity contribution in [1.29, 1.82) is 0 Å². The summed E-state index contributed by atoms with van der Waals surface area (Å²) in [5.74, 6) is -1.24. The first-order valence-corrected chi connectivity index (χ1v) is 7.51. The highest BCUT2D eigenvalue weighted by Crippen LogP contribution is 2.51. The van der Waals surface area contributed by atoms with Gasteiger partial charge in [0.15, 0.2) is 0 Å². The van der Waals surface area contributed by atoms with E-state index in [2.05, 4.69) is 24.3 Å². The normalized spacial score (nSPS) is 29.3. The van der Waals surface area contributed by atoms with Crippen LogP contribution in [0.4, 0.5) is 0 Å². The van der Waals surface area contributed by atoms with E-state index in [1.165, 1.54) is 10.9 Å². The molecule has 22 heavy (non-hydrogen) atoms. The number of aromatic nitrogens is 2. The molecular formula is C15H21N3O4. The van der Waals surface area contributed by atoms with Crippen molar-refractivity contribution in [1.82, 2.24) is 15.1 Å². The summed E-state index contributed by atoms with van der Waals surface area (Å²) in [7, 11) is 1.57. The van der Waals surface area contributed by atoms with Crippen LogP contribution in [0.15, 0.2) is 6.20 Å². The standard InChI is InChI=1S/C15H21N3O4/c1-15(2)11(8-5-4-6-22-12(8)15)17-13(19)10-9(14(20)21)7-16-18(10)3/h7-8,11-12H,4-6H2,1-3H3,(H,17,19)(H,20,21). The second kappa shape index (κ2) is 5.08. The Morgan fingerprint density at radius 3 is 2.91 bits per heavy atom. The number of nitrogens with zero attached hydrogens (tertiary/aromatic N) is 2. The summed E-state index contributed by atoms with van der Waals surface area (Å²) < 4.78 is 7.12. The third-order valence-corrected chi connectivity index (χ3v) is 5.00. The van der Waals surface area contributed by atoms with Gasteiger partial charge in [-0.05, 0) is 12.8 Å². The van der Waals surface area contributed by atoms with Gasteiger partial charge in [0.1, 0.15) is 11.3 Å². The van der Waals surface area contributed by atoms with Gasteiger partial charge in [0.25, 0.3) is 5.91 Å². The van der Waals surface area contributed by atoms with Gasteiger partial charge >= 0.3 is 5.97 Å². The smallest absolute Gasteiger partial charge is 0.339 e. The molecule has 2 aliphatic rings. The zero-order valence-corrected chi connectivity index (χ0v) is 13.0. The van der Waals surface area contributed by atoms with Crippen molar-refractivity contribution < 1.29 is 19.4 Å². The third-order valence-electron chi connectivity index (χ3n) is 5.00. The van der Waals surface area contributed by atoms with Crippen molar-refractivity contribution in [2.24, 2.45) is 18.4 Å². The number of carbonyl (C=O) groups is 2. The first kappa shape index (κ1) is 15.0. The molecule has 7 heteroatoms. The van der Waals surface area contributed by atoms with Crippen LogP contribution in [-0.4, -0.2) is 45.5 Å². The van der Waals surface area contributed by atoms with Gasteiger partial charge in [0.05, 0.1) is 12.3 Å². The summed E-state index contributed by atoms with van der Waals surface area (Å²) in [6.07, 6.45) is 3.39. The van der Waals surface area contributed by atoms with Crippen molar-refractivity contribution in [3.8, 4) is 0 Å². The lowest BCUT2D eigenvalue weighted by atomic mass is 9.55. The molecule has 0 spiro atoms. The Labute approximate surface area is 128 Å². The quantitative estimate of drug-likeness (QED) is 0.870. The Bertz CT molecular complexity index is 622. The van der Waals surface area contributed by atoms with Crippen LogP contribution in [0.1, 0.15) is 47.5 Å². The van der Waals surface area contributed by atoms with Crippen LogP contribution in [0.3, 0.4) is 0 Å². The Kier molecular flexibility index (Phi) is 3.47. The van der Waals surface area contributed by atoms with E-state index >= 15 is 0 Å². The van der Waals surface area contributed by atoms with E-state index in [0.29, 0.717) is 5.92 Å². The molecule has 1 saturated heterocycles. The molecule has 3 atom stereocenters. The van der Waals surface area contributed by atoms with E-state index in [1.54, 1.807) is 7.05 Å². The maximum atomic E-state index is 12.5. The molecule has 1 aromatic heterocycles. The molecule has 1 amide bonds. The van der Waals surface area contributed by atoms with Crippen molar-refractivity contribution in [3.63, 3.8) is 0 Å². The lowest BCUT2D eigenvalue weighted by Crippen LogP contribution is -2.70. The summed E-state index contributed by atoms with van der Waals surface area (Å²) in [4.78, 5) is 23.8. The number of fused-ring (bicyclic) bond motifs is 1. The molecule has 7 nitrogen and oxygen atoms in total. The molecule has 120 valence electrons. The number of amides is 1. The van der Waals surface area contributed by atoms with Crippen LogP contribution in [0.5, 0.6) is 0 Å². The summed E-state index contributed by atoms with van der Waals surface area (Å²) in [5, 5.41) is 16.0. The molecule has 2 N–H and O–H groups in total. The zero-order chi connectivity index (χ0) is 16.1. The number of hydrogen-bond donors (Lipinski definition) is 2. The number of carboxylic acids is 1. The van der Waals surface area contributed by atoms with Gasteiger partial charge in [-0.3, -0.25) is 9.48 Å². The minimum Gasteiger partial charge on any atom is -0.478 e. The molecule has 0 aromatic carbocycles. The Morgan fingerprint density at radius 2 is 2.23 bits per heavy atom. The van der Waals surface area contributed by atoms with Gasteiger partial charge in [-0.2, -0.15) is 5.10 Å². The molecule has 2 fully saturated rings. The molecule has 1 aliphatic heterocycles. The van der Waals surface area contributed by atoms with Gasteiger partial charge in [-0.15, -0.1) is 0 Å². The highest BCUT2D eigenvalue weighted by molar-refractivity contribution is 6.03. The molecule has 2 heterocycles. The van der Waals surface area contributed by atoms with Gasteiger partial charge in [0.2, 0.25) is 0 Å². The van der Waals surface area contributed by atoms with Gasteiger partial charge in [-0.25, -0.2) is 4.79 Å². The van der Waals surface area contributed by atoms with Crippen LogP contribution in [0.25, 0.3) is 0 Å². The first-order chi connectivity index (χ1) is 10.3. The van der Waals surface area contributed by atoms with E-state index in [4.69, 9.17) is 9.84 Å². The van der Waals surface area contributed by atoms with Gasteiger partial charge < -0.3 is 15.2 Å². The zero-order valence-electron chi connectivity index (χ0n) is 13.0. The third kappa shape index (κ3) is 2.11. The fourth-order valence-electron chi connectivity index (χ4n) is 3.89. The number of aryl methyl sites for hydroxylation is 1. The SMILES string of the molecule is Cn1ncc(C(=O)O)c1C(=O)NC1C2CCCOC2C1(C)C. The van der Waals surface area contributed by atoms with Crippen molar-refractivity contribution in [2.45, 2.75) is 38.8 Å². The molecule has 1 aliphatic carbocycles. The van der Waals surface area contributed by atoms with Crippen molar-refractivity contribution in [2.75, 3.05) is 6.61 Å². The Balaban J connectivity index is 1.80. The highest BCUT2D eigenvalue weighted by Gasteiger charge is 2.58. The minimum atomic E-state index is -1.15. The predicted octanol–water partition coefficient (Wildman–Crippen LogP) is 1.05. The van der Waals surface area contributed by atoms with Gasteiger partial charge in [-0.1, -0.05) is 13.8 Å². The monoisotopic (exact) mass is 307 g/mol. The number of carboxylic acid groups (broad SMARTS) is 1. The Morgan fingerprint density at radius 1 is 1.50 bits per heavy atom. The number of hydrogen-bond acceptors (Lipinski definition) is 4. The number of ether oxygens (including phenoxy) is 1. The predicted molar refractivity (Wildman–Crippen MR) is 77.7 cm³/mol. The van der Waals surface area contributed by atoms with E-state index < -0.39 is 5.97 Å². The second-order valence-electron chi connectivity index (χ2n) is 6.71. The Hall–Kier alpha value is -1.89. The van der Waals surface area contributed by atoms with E-state index in [1.807, 2.05) is 0 Å². The van der Waals surface area contributed by atoms with Crippen LogP contribution in [0, 0.1) is 11.3 Å². The fraction of sp³-hybridized carbons (Fsp3) is 0.667. The number of carbonyl (C=O) groups excluding carboxylic acids is 1. The van der Waals surface area contributed by atoms with Gasteiger partial charge in [0, 0.05) is 31.0 Å². The van der Waals surface area contributed by atoms with Crippen LogP contribution >= 0.6 is 0 Å². The topological polar surface area (TPSA) is 93.5 Å². The van der Waals surface area contributed by atoms with Crippen molar-refractivity contribution in [3.05, 3.63) is 17.5 Å². The second-order valence-corrected chi connectivity index (χ2v) is 6.71. The van der Waals surface area contributed by atoms with E-state index in [-0.39, 0.29) is 34.7 Å². The largest absolute Gasteiger partial charge is 0.478 e. The molecule has 3 unspecified atom stereocenters. The fourth-order valence-corrected chi connectivity index (χ4v) is 3.89.